The molecule has 1 aliphatic rings. The summed E-state index contributed by atoms with van der Waals surface area (Å²) in [5.41, 5.74) is 1.65. The van der Waals surface area contributed by atoms with Gasteiger partial charge in [0.25, 0.3) is 0 Å². The number of carbonyl (C=O) groups is 2. The smallest absolute Gasteiger partial charge is 0.337 e. The maximum atomic E-state index is 12.5. The van der Waals surface area contributed by atoms with Crippen LogP contribution < -0.4 is 0 Å². The van der Waals surface area contributed by atoms with Gasteiger partial charge < -0.3 is 9.16 Å². The number of benzene rings is 1. The molecule has 1 aromatic rings. The first-order chi connectivity index (χ1) is 15.8. The molecule has 0 N–H and O–H groups in total. The second kappa shape index (κ2) is 12.3. The summed E-state index contributed by atoms with van der Waals surface area (Å²) >= 11 is 0. The van der Waals surface area contributed by atoms with Crippen LogP contribution in [0.2, 0.25) is 18.1 Å². The zero-order valence-electron chi connectivity index (χ0n) is 22.6. The Bertz CT molecular complexity index is 802. The van der Waals surface area contributed by atoms with Crippen molar-refractivity contribution in [1.82, 2.24) is 10.0 Å². The fraction of sp³-hybridized carbons (Fsp3) is 0.704. The third-order valence-electron chi connectivity index (χ3n) is 7.14. The molecular weight excluding hydrogens is 444 g/mol. The lowest BCUT2D eigenvalue weighted by Crippen LogP contribution is -2.44. The molecule has 2 rings (SSSR count). The molecule has 1 aliphatic heterocycles. The quantitative estimate of drug-likeness (QED) is 0.279. The second-order valence-electron chi connectivity index (χ2n) is 11.4. The zero-order chi connectivity index (χ0) is 25.5. The Balaban J connectivity index is 1.90. The second-order valence-corrected chi connectivity index (χ2v) is 16.2. The number of hydrogen-bond donors (Lipinski definition) is 0. The van der Waals surface area contributed by atoms with Gasteiger partial charge in [-0.05, 0) is 67.4 Å². The summed E-state index contributed by atoms with van der Waals surface area (Å²) < 4.78 is 11.5. The molecule has 0 bridgehead atoms. The highest BCUT2D eigenvalue weighted by Crippen LogP contribution is 2.38. The van der Waals surface area contributed by atoms with Crippen molar-refractivity contribution in [3.8, 4) is 0 Å². The van der Waals surface area contributed by atoms with Crippen molar-refractivity contribution in [1.29, 1.82) is 0 Å². The van der Waals surface area contributed by atoms with E-state index in [-0.39, 0.29) is 23.0 Å². The van der Waals surface area contributed by atoms with E-state index in [0.717, 1.165) is 44.3 Å². The van der Waals surface area contributed by atoms with Crippen molar-refractivity contribution < 1.29 is 18.8 Å². The topological polar surface area (TPSA) is 59.1 Å². The first-order valence-corrected chi connectivity index (χ1v) is 15.6. The average Bonchev–Trinajstić information content (AvgIpc) is 3.09. The summed E-state index contributed by atoms with van der Waals surface area (Å²) in [6.45, 7) is 18.4. The normalized spacial score (nSPS) is 16.4. The summed E-state index contributed by atoms with van der Waals surface area (Å²) in [5, 5.41) is 4.33. The van der Waals surface area contributed by atoms with E-state index in [2.05, 4.69) is 52.7 Å². The minimum Gasteiger partial charge on any atom is -0.465 e. The van der Waals surface area contributed by atoms with Crippen LogP contribution in [0, 0.1) is 5.92 Å². The van der Waals surface area contributed by atoms with E-state index < -0.39 is 8.32 Å². The van der Waals surface area contributed by atoms with Crippen LogP contribution in [-0.4, -0.2) is 63.1 Å². The van der Waals surface area contributed by atoms with Gasteiger partial charge in [0.2, 0.25) is 5.91 Å². The van der Waals surface area contributed by atoms with Gasteiger partial charge in [0.05, 0.1) is 12.7 Å². The molecule has 0 radical (unpaired) electrons. The van der Waals surface area contributed by atoms with Crippen LogP contribution in [0.4, 0.5) is 0 Å². The molecule has 0 aliphatic carbocycles. The average molecular weight is 491 g/mol. The first-order valence-electron chi connectivity index (χ1n) is 12.7. The van der Waals surface area contributed by atoms with Gasteiger partial charge >= 0.3 is 5.97 Å². The highest BCUT2D eigenvalue weighted by molar-refractivity contribution is 6.74. The fourth-order valence-corrected chi connectivity index (χ4v) is 5.54. The molecular formula is C27H46N2O4Si. The number of amides is 1. The molecule has 1 saturated heterocycles. The van der Waals surface area contributed by atoms with Crippen molar-refractivity contribution in [2.45, 2.75) is 91.0 Å². The van der Waals surface area contributed by atoms with Gasteiger partial charge in [-0.3, -0.25) is 9.80 Å². The van der Waals surface area contributed by atoms with Crippen LogP contribution in [0.1, 0.15) is 76.2 Å². The van der Waals surface area contributed by atoms with Crippen molar-refractivity contribution in [2.24, 2.45) is 5.92 Å². The SMILES string of the molecule is COC(=O)c1ccc(CCN2C(=O)CCN2CCCC(CC(C)C)O[Si](C)(C)C(C)(C)C)cc1. The molecule has 1 atom stereocenters. The molecule has 34 heavy (non-hydrogen) atoms. The van der Waals surface area contributed by atoms with Gasteiger partial charge in [-0.2, -0.15) is 0 Å². The van der Waals surface area contributed by atoms with E-state index in [0.29, 0.717) is 24.4 Å². The van der Waals surface area contributed by atoms with E-state index in [1.54, 1.807) is 12.1 Å². The van der Waals surface area contributed by atoms with E-state index >= 15 is 0 Å². The number of nitrogens with zero attached hydrogens (tertiary/aromatic N) is 2. The van der Waals surface area contributed by atoms with Crippen LogP contribution in [-0.2, 0) is 20.4 Å². The molecule has 1 unspecified atom stereocenters. The number of rotatable bonds is 12. The van der Waals surface area contributed by atoms with Crippen LogP contribution in [0.25, 0.3) is 0 Å². The summed E-state index contributed by atoms with van der Waals surface area (Å²) in [7, 11) is -0.428. The number of ether oxygens (including phenoxy) is 1. The largest absolute Gasteiger partial charge is 0.465 e. The van der Waals surface area contributed by atoms with Crippen molar-refractivity contribution >= 4 is 20.2 Å². The lowest BCUT2D eigenvalue weighted by Gasteiger charge is -2.40. The summed E-state index contributed by atoms with van der Waals surface area (Å²) in [6.07, 6.45) is 4.74. The number of hydrazine groups is 1. The Hall–Kier alpha value is -1.70. The maximum Gasteiger partial charge on any atom is 0.337 e. The van der Waals surface area contributed by atoms with Crippen molar-refractivity contribution in [2.75, 3.05) is 26.7 Å². The third kappa shape index (κ3) is 8.20. The molecule has 1 fully saturated rings. The minimum absolute atomic E-state index is 0.197. The standard InChI is InChI=1S/C27H46N2O4Si/c1-21(2)20-24(33-34(7,8)27(3,4)5)10-9-17-28-18-16-25(30)29(28)19-15-22-11-13-23(14-12-22)26(31)32-6/h11-14,21,24H,9-10,15-20H2,1-8H3. The number of methoxy groups -OCH3 is 1. The fourth-order valence-electron chi connectivity index (χ4n) is 4.14. The van der Waals surface area contributed by atoms with Gasteiger partial charge in [-0.1, -0.05) is 46.8 Å². The Labute approximate surface area is 208 Å². The minimum atomic E-state index is -1.81. The Morgan fingerprint density at radius 3 is 2.32 bits per heavy atom. The van der Waals surface area contributed by atoms with Crippen LogP contribution >= 0.6 is 0 Å². The van der Waals surface area contributed by atoms with Gasteiger partial charge in [0.15, 0.2) is 8.32 Å². The summed E-state index contributed by atoms with van der Waals surface area (Å²) in [4.78, 5) is 24.2. The molecule has 1 aromatic carbocycles. The third-order valence-corrected chi connectivity index (χ3v) is 11.7. The maximum absolute atomic E-state index is 12.5. The van der Waals surface area contributed by atoms with Gasteiger partial charge in [-0.25, -0.2) is 9.80 Å². The zero-order valence-corrected chi connectivity index (χ0v) is 23.6. The Morgan fingerprint density at radius 2 is 1.76 bits per heavy atom. The molecule has 6 nitrogen and oxygen atoms in total. The van der Waals surface area contributed by atoms with Crippen LogP contribution in [0.3, 0.4) is 0 Å². The molecule has 1 amide bonds. The summed E-state index contributed by atoms with van der Waals surface area (Å²) in [5.74, 6) is 0.466. The van der Waals surface area contributed by atoms with Crippen LogP contribution in [0.5, 0.6) is 0 Å². The lowest BCUT2D eigenvalue weighted by molar-refractivity contribution is -0.138. The van der Waals surface area contributed by atoms with E-state index in [1.165, 1.54) is 7.11 Å². The van der Waals surface area contributed by atoms with Gasteiger partial charge in [0.1, 0.15) is 0 Å². The molecule has 7 heteroatoms. The van der Waals surface area contributed by atoms with Crippen molar-refractivity contribution in [3.05, 3.63) is 35.4 Å². The van der Waals surface area contributed by atoms with Gasteiger partial charge in [0, 0.05) is 32.2 Å². The van der Waals surface area contributed by atoms with E-state index in [1.807, 2.05) is 17.1 Å². The molecule has 0 aromatic heterocycles. The molecule has 1 heterocycles. The monoisotopic (exact) mass is 490 g/mol. The summed E-state index contributed by atoms with van der Waals surface area (Å²) in [6, 6.07) is 7.43. The predicted molar refractivity (Wildman–Crippen MR) is 140 cm³/mol. The van der Waals surface area contributed by atoms with E-state index in [4.69, 9.17) is 9.16 Å². The molecule has 0 spiro atoms. The number of carbonyl (C=O) groups excluding carboxylic acids is 2. The Kier molecular flexibility index (Phi) is 10.3. The molecule has 0 saturated carbocycles. The van der Waals surface area contributed by atoms with E-state index in [9.17, 15) is 9.59 Å². The predicted octanol–water partition coefficient (Wildman–Crippen LogP) is 5.68. The first kappa shape index (κ1) is 28.5. The Morgan fingerprint density at radius 1 is 1.12 bits per heavy atom. The highest BCUT2D eigenvalue weighted by Gasteiger charge is 2.39. The molecule has 192 valence electrons. The number of hydrogen-bond acceptors (Lipinski definition) is 5. The van der Waals surface area contributed by atoms with Crippen molar-refractivity contribution in [3.63, 3.8) is 0 Å². The lowest BCUT2D eigenvalue weighted by atomic mass is 10.0. The van der Waals surface area contributed by atoms with Crippen LogP contribution in [0.15, 0.2) is 24.3 Å². The highest BCUT2D eigenvalue weighted by atomic mass is 28.4. The van der Waals surface area contributed by atoms with Gasteiger partial charge in [-0.15, -0.1) is 0 Å². The number of esters is 1.